The van der Waals surface area contributed by atoms with Crippen LogP contribution in [0.5, 0.6) is 0 Å². The molecule has 0 bridgehead atoms. The number of carbonyl (C=O) groups is 1. The highest BCUT2D eigenvalue weighted by Gasteiger charge is 2.30. The Kier molecular flexibility index (Phi) is 6.80. The van der Waals surface area contributed by atoms with Gasteiger partial charge < -0.3 is 5.32 Å². The van der Waals surface area contributed by atoms with Crippen molar-refractivity contribution in [2.75, 3.05) is 0 Å². The van der Waals surface area contributed by atoms with Gasteiger partial charge >= 0.3 is 11.9 Å². The van der Waals surface area contributed by atoms with E-state index < -0.39 is 47.0 Å². The zero-order valence-electron chi connectivity index (χ0n) is 17.7. The van der Waals surface area contributed by atoms with Crippen LogP contribution in [-0.4, -0.2) is 26.3 Å². The van der Waals surface area contributed by atoms with Crippen LogP contribution in [0.15, 0.2) is 58.1 Å². The third kappa shape index (κ3) is 5.18. The minimum Gasteiger partial charge on any atom is -0.348 e. The van der Waals surface area contributed by atoms with E-state index in [1.54, 1.807) is 13.8 Å². The molecule has 0 aliphatic heterocycles. The highest BCUT2D eigenvalue weighted by Crippen LogP contribution is 2.29. The molecule has 174 valence electrons. The fourth-order valence-corrected chi connectivity index (χ4v) is 3.00. The highest BCUT2D eigenvalue weighted by molar-refractivity contribution is 5.91. The number of halogens is 4. The smallest absolute Gasteiger partial charge is 0.348 e. The van der Waals surface area contributed by atoms with Gasteiger partial charge in [-0.3, -0.25) is 14.2 Å². The quantitative estimate of drug-likeness (QED) is 0.568. The molecule has 1 amide bonds. The van der Waals surface area contributed by atoms with Gasteiger partial charge in [0.2, 0.25) is 5.69 Å². The number of benzene rings is 2. The predicted molar refractivity (Wildman–Crippen MR) is 112 cm³/mol. The van der Waals surface area contributed by atoms with Gasteiger partial charge in [0.1, 0.15) is 11.5 Å². The van der Waals surface area contributed by atoms with Crippen molar-refractivity contribution in [3.05, 3.63) is 92.0 Å². The van der Waals surface area contributed by atoms with E-state index in [0.717, 1.165) is 24.3 Å². The number of nitrogens with one attached hydrogen (secondary N) is 1. The predicted octanol–water partition coefficient (Wildman–Crippen LogP) is 3.13. The summed E-state index contributed by atoms with van der Waals surface area (Å²) < 4.78 is 54.7. The molecule has 0 radical (unpaired) electrons. The van der Waals surface area contributed by atoms with Gasteiger partial charge in [-0.2, -0.15) is 23.0 Å². The number of para-hydroxylation sites is 1. The van der Waals surface area contributed by atoms with Crippen LogP contribution in [0, 0.1) is 5.82 Å². The number of carbonyl (C=O) groups excluding carboxylic acids is 1. The maximum atomic E-state index is 14.4. The molecule has 0 aliphatic rings. The molecule has 0 saturated heterocycles. The van der Waals surface area contributed by atoms with E-state index >= 15 is 0 Å². The number of amides is 1. The van der Waals surface area contributed by atoms with Crippen LogP contribution in [0.3, 0.4) is 0 Å². The van der Waals surface area contributed by atoms with E-state index in [2.05, 4.69) is 10.4 Å². The van der Waals surface area contributed by atoms with Crippen molar-refractivity contribution in [3.8, 4) is 5.69 Å². The minimum absolute atomic E-state index is 0.0106. The van der Waals surface area contributed by atoms with Gasteiger partial charge in [0.15, 0.2) is 0 Å². The van der Waals surface area contributed by atoms with E-state index in [1.807, 2.05) is 0 Å². The summed E-state index contributed by atoms with van der Waals surface area (Å²) in [5.74, 6) is -1.73. The maximum Gasteiger partial charge on any atom is 0.416 e. The number of aromatic nitrogens is 3. The van der Waals surface area contributed by atoms with Crippen LogP contribution in [0.25, 0.3) is 5.69 Å². The standard InChI is InChI=1S/C22H20F4N4O3/c1-3-13(2)27-19(31)18-20(32)29(12-14-7-6-8-15(11-14)22(24,25)26)21(33)30(28-18)17-10-5-4-9-16(17)23/h4-11,13H,3,12H2,1-2H3,(H,27,31)/t13-/m0/s1. The second-order valence-electron chi connectivity index (χ2n) is 7.37. The number of nitrogens with zero attached hydrogens (tertiary/aromatic N) is 3. The summed E-state index contributed by atoms with van der Waals surface area (Å²) in [6.45, 7) is 2.90. The van der Waals surface area contributed by atoms with Crippen molar-refractivity contribution in [2.24, 2.45) is 0 Å². The first-order valence-electron chi connectivity index (χ1n) is 9.99. The Hall–Kier alpha value is -3.76. The van der Waals surface area contributed by atoms with Gasteiger partial charge in [0, 0.05) is 6.04 Å². The summed E-state index contributed by atoms with van der Waals surface area (Å²) in [7, 11) is 0. The zero-order chi connectivity index (χ0) is 24.3. The van der Waals surface area contributed by atoms with Crippen LogP contribution in [0.4, 0.5) is 17.6 Å². The monoisotopic (exact) mass is 464 g/mol. The highest BCUT2D eigenvalue weighted by atomic mass is 19.4. The lowest BCUT2D eigenvalue weighted by molar-refractivity contribution is -0.137. The van der Waals surface area contributed by atoms with Crippen LogP contribution >= 0.6 is 0 Å². The Bertz CT molecular complexity index is 1300. The molecule has 0 spiro atoms. The Morgan fingerprint density at radius 1 is 1.12 bits per heavy atom. The summed E-state index contributed by atoms with van der Waals surface area (Å²) in [6.07, 6.45) is -4.09. The molecule has 0 aliphatic carbocycles. The van der Waals surface area contributed by atoms with Gasteiger partial charge in [-0.15, -0.1) is 0 Å². The molecule has 2 aromatic carbocycles. The van der Waals surface area contributed by atoms with Crippen molar-refractivity contribution in [1.82, 2.24) is 19.7 Å². The van der Waals surface area contributed by atoms with Crippen molar-refractivity contribution in [2.45, 2.75) is 39.0 Å². The molecular formula is C22H20F4N4O3. The molecule has 1 aromatic heterocycles. The van der Waals surface area contributed by atoms with Crippen LogP contribution in [0.1, 0.15) is 41.9 Å². The molecule has 7 nitrogen and oxygen atoms in total. The third-order valence-corrected chi connectivity index (χ3v) is 4.94. The van der Waals surface area contributed by atoms with Crippen LogP contribution in [0.2, 0.25) is 0 Å². The average molecular weight is 464 g/mol. The van der Waals surface area contributed by atoms with Crippen molar-refractivity contribution in [1.29, 1.82) is 0 Å². The molecule has 11 heteroatoms. The molecule has 1 N–H and O–H groups in total. The summed E-state index contributed by atoms with van der Waals surface area (Å²) in [6, 6.07) is 8.82. The third-order valence-electron chi connectivity index (χ3n) is 4.94. The van der Waals surface area contributed by atoms with Gasteiger partial charge in [0.05, 0.1) is 12.1 Å². The first-order chi connectivity index (χ1) is 15.5. The van der Waals surface area contributed by atoms with Crippen molar-refractivity contribution >= 4 is 5.91 Å². The SMILES string of the molecule is CC[C@H](C)NC(=O)c1nn(-c2ccccc2F)c(=O)n(Cc2cccc(C(F)(F)F)c2)c1=O. The topological polar surface area (TPSA) is 86.0 Å². The van der Waals surface area contributed by atoms with Gasteiger partial charge in [-0.1, -0.05) is 31.2 Å². The van der Waals surface area contributed by atoms with E-state index in [4.69, 9.17) is 0 Å². The molecule has 0 fully saturated rings. The second kappa shape index (κ2) is 9.39. The first-order valence-corrected chi connectivity index (χ1v) is 9.99. The van der Waals surface area contributed by atoms with Crippen LogP contribution < -0.4 is 16.6 Å². The van der Waals surface area contributed by atoms with E-state index in [-0.39, 0.29) is 17.3 Å². The minimum atomic E-state index is -4.63. The lowest BCUT2D eigenvalue weighted by Gasteiger charge is -2.15. The molecule has 0 saturated carbocycles. The summed E-state index contributed by atoms with van der Waals surface area (Å²) in [4.78, 5) is 38.7. The fourth-order valence-electron chi connectivity index (χ4n) is 3.00. The number of hydrogen-bond acceptors (Lipinski definition) is 4. The number of alkyl halides is 3. The second-order valence-corrected chi connectivity index (χ2v) is 7.37. The number of rotatable bonds is 6. The van der Waals surface area contributed by atoms with Crippen molar-refractivity contribution < 1.29 is 22.4 Å². The molecular weight excluding hydrogens is 444 g/mol. The van der Waals surface area contributed by atoms with Gasteiger partial charge in [-0.05, 0) is 43.2 Å². The van der Waals surface area contributed by atoms with E-state index in [1.165, 1.54) is 24.3 Å². The van der Waals surface area contributed by atoms with Gasteiger partial charge in [-0.25, -0.2) is 9.18 Å². The maximum absolute atomic E-state index is 14.4. The Balaban J connectivity index is 2.21. The Labute approximate surface area is 185 Å². The van der Waals surface area contributed by atoms with Crippen LogP contribution in [-0.2, 0) is 12.7 Å². The van der Waals surface area contributed by atoms with Gasteiger partial charge in [0.25, 0.3) is 11.5 Å². The van der Waals surface area contributed by atoms with E-state index in [0.29, 0.717) is 15.7 Å². The normalized spacial score (nSPS) is 12.4. The summed E-state index contributed by atoms with van der Waals surface area (Å²) in [5, 5.41) is 6.33. The number of hydrogen-bond donors (Lipinski definition) is 1. The lowest BCUT2D eigenvalue weighted by atomic mass is 10.1. The Morgan fingerprint density at radius 2 is 1.82 bits per heavy atom. The summed E-state index contributed by atoms with van der Waals surface area (Å²) in [5.41, 5.74) is -4.20. The molecule has 1 heterocycles. The summed E-state index contributed by atoms with van der Waals surface area (Å²) >= 11 is 0. The molecule has 0 unspecified atom stereocenters. The fraction of sp³-hybridized carbons (Fsp3) is 0.273. The Morgan fingerprint density at radius 3 is 2.45 bits per heavy atom. The zero-order valence-corrected chi connectivity index (χ0v) is 17.7. The molecule has 1 atom stereocenters. The molecule has 3 rings (SSSR count). The molecule has 33 heavy (non-hydrogen) atoms. The van der Waals surface area contributed by atoms with E-state index in [9.17, 15) is 31.9 Å². The lowest BCUT2D eigenvalue weighted by Crippen LogP contribution is -2.47. The van der Waals surface area contributed by atoms with Crippen molar-refractivity contribution in [3.63, 3.8) is 0 Å². The molecule has 3 aromatic rings. The average Bonchev–Trinajstić information content (AvgIpc) is 2.77. The largest absolute Gasteiger partial charge is 0.416 e. The first kappa shape index (κ1) is 23.9.